The van der Waals surface area contributed by atoms with Crippen LogP contribution in [0, 0.1) is 10.1 Å². The van der Waals surface area contributed by atoms with Crippen LogP contribution in [0.25, 0.3) is 0 Å². The van der Waals surface area contributed by atoms with E-state index in [2.05, 4.69) is 14.5 Å². The number of hydrogen-bond donors (Lipinski definition) is 0. The van der Waals surface area contributed by atoms with E-state index in [-0.39, 0.29) is 6.20 Å². The van der Waals surface area contributed by atoms with Gasteiger partial charge < -0.3 is 9.47 Å². The molecule has 0 amide bonds. The molecular weight excluding hydrogens is 311 g/mol. The van der Waals surface area contributed by atoms with Crippen molar-refractivity contribution in [3.05, 3.63) is 27.4 Å². The van der Waals surface area contributed by atoms with Crippen LogP contribution in [0.15, 0.2) is 6.20 Å². The largest absolute Gasteiger partial charge is 0.574 e. The highest BCUT2D eigenvalue weighted by molar-refractivity contribution is 5.94. The second kappa shape index (κ2) is 5.85. The van der Waals surface area contributed by atoms with Crippen molar-refractivity contribution < 1.29 is 41.1 Å². The first kappa shape index (κ1) is 16.5. The lowest BCUT2D eigenvalue weighted by Crippen LogP contribution is -2.22. The highest BCUT2D eigenvalue weighted by Crippen LogP contribution is 2.37. The van der Waals surface area contributed by atoms with Crippen LogP contribution in [0.5, 0.6) is 5.88 Å². The van der Waals surface area contributed by atoms with Crippen LogP contribution in [-0.2, 0) is 4.74 Å². The van der Waals surface area contributed by atoms with Gasteiger partial charge in [0.2, 0.25) is 5.88 Å². The predicted octanol–water partition coefficient (Wildman–Crippen LogP) is 2.61. The summed E-state index contributed by atoms with van der Waals surface area (Å²) >= 11 is 0. The third-order valence-electron chi connectivity index (χ3n) is 2.08. The maximum Gasteiger partial charge on any atom is 0.574 e. The summed E-state index contributed by atoms with van der Waals surface area (Å²) in [5.41, 5.74) is -4.36. The molecule has 21 heavy (non-hydrogen) atoms. The molecule has 1 heterocycles. The van der Waals surface area contributed by atoms with Crippen molar-refractivity contribution in [1.82, 2.24) is 4.98 Å². The molecule has 0 spiro atoms. The van der Waals surface area contributed by atoms with Crippen molar-refractivity contribution in [3.63, 3.8) is 0 Å². The first-order chi connectivity index (χ1) is 9.58. The molecule has 1 aromatic heterocycles. The number of aromatic nitrogens is 1. The number of hydrogen-bond acceptors (Lipinski definition) is 6. The summed E-state index contributed by atoms with van der Waals surface area (Å²) in [7, 11) is 0.688. The van der Waals surface area contributed by atoms with Gasteiger partial charge in [0.25, 0.3) is 12.1 Å². The highest BCUT2D eigenvalue weighted by atomic mass is 19.4. The van der Waals surface area contributed by atoms with Gasteiger partial charge in [0.15, 0.2) is 0 Å². The summed E-state index contributed by atoms with van der Waals surface area (Å²) in [6.45, 7) is 0. The fourth-order valence-corrected chi connectivity index (χ4v) is 1.35. The number of methoxy groups -OCH3 is 1. The number of esters is 1. The van der Waals surface area contributed by atoms with Crippen molar-refractivity contribution >= 4 is 11.7 Å². The molecule has 0 bridgehead atoms. The number of nitro groups is 1. The van der Waals surface area contributed by atoms with E-state index in [4.69, 9.17) is 0 Å². The SMILES string of the molecule is COC(=O)c1c(OC(F)(F)F)ncc([N+](=O)[O-])c1C(F)F. The number of alkyl halides is 5. The van der Waals surface area contributed by atoms with E-state index in [0.29, 0.717) is 7.11 Å². The van der Waals surface area contributed by atoms with Gasteiger partial charge in [0, 0.05) is 0 Å². The molecule has 0 N–H and O–H groups in total. The zero-order valence-corrected chi connectivity index (χ0v) is 9.98. The van der Waals surface area contributed by atoms with E-state index in [0.717, 1.165) is 0 Å². The van der Waals surface area contributed by atoms with Crippen LogP contribution in [-0.4, -0.2) is 29.3 Å². The van der Waals surface area contributed by atoms with Gasteiger partial charge in [-0.15, -0.1) is 13.2 Å². The molecule has 0 radical (unpaired) electrons. The normalized spacial score (nSPS) is 11.4. The molecule has 0 aromatic carbocycles. The van der Waals surface area contributed by atoms with Gasteiger partial charge in [-0.2, -0.15) is 0 Å². The third-order valence-corrected chi connectivity index (χ3v) is 2.08. The predicted molar refractivity (Wildman–Crippen MR) is 53.9 cm³/mol. The Bertz CT molecular complexity index is 574. The maximum atomic E-state index is 12.9. The zero-order valence-electron chi connectivity index (χ0n) is 9.98. The number of nitrogens with zero attached hydrogens (tertiary/aromatic N) is 2. The van der Waals surface area contributed by atoms with Crippen LogP contribution in [0.1, 0.15) is 22.3 Å². The minimum absolute atomic E-state index is 0.134. The van der Waals surface area contributed by atoms with E-state index in [1.807, 2.05) is 0 Å². The van der Waals surface area contributed by atoms with Crippen molar-refractivity contribution in [2.75, 3.05) is 7.11 Å². The van der Waals surface area contributed by atoms with E-state index < -0.39 is 46.4 Å². The Morgan fingerprint density at radius 1 is 1.43 bits per heavy atom. The lowest BCUT2D eigenvalue weighted by molar-refractivity contribution is -0.386. The minimum atomic E-state index is -5.34. The number of ether oxygens (including phenoxy) is 2. The summed E-state index contributed by atoms with van der Waals surface area (Å²) in [6.07, 6.45) is -8.83. The fourth-order valence-electron chi connectivity index (χ4n) is 1.35. The average Bonchev–Trinajstić information content (AvgIpc) is 2.34. The van der Waals surface area contributed by atoms with Crippen molar-refractivity contribution in [2.24, 2.45) is 0 Å². The second-order valence-electron chi connectivity index (χ2n) is 3.33. The molecule has 0 unspecified atom stereocenters. The Morgan fingerprint density at radius 2 is 2.00 bits per heavy atom. The van der Waals surface area contributed by atoms with Crippen LogP contribution < -0.4 is 4.74 Å². The third kappa shape index (κ3) is 3.73. The van der Waals surface area contributed by atoms with Crippen molar-refractivity contribution in [3.8, 4) is 5.88 Å². The standard InChI is InChI=1S/C9H5F5N2O5/c1-20-8(17)5-4(6(10)11)3(16(18)19)2-15-7(5)21-9(12,13)14/h2,6H,1H3. The number of carbonyl (C=O) groups is 1. The molecule has 0 saturated heterocycles. The van der Waals surface area contributed by atoms with Gasteiger partial charge in [-0.3, -0.25) is 10.1 Å². The molecule has 0 saturated carbocycles. The van der Waals surface area contributed by atoms with Gasteiger partial charge >= 0.3 is 12.3 Å². The van der Waals surface area contributed by atoms with Gasteiger partial charge in [-0.05, 0) is 0 Å². The first-order valence-electron chi connectivity index (χ1n) is 4.88. The van der Waals surface area contributed by atoms with E-state index in [1.165, 1.54) is 0 Å². The molecular formula is C9H5F5N2O5. The van der Waals surface area contributed by atoms with Gasteiger partial charge in [0.1, 0.15) is 17.3 Å². The zero-order chi connectivity index (χ0) is 16.4. The smallest absolute Gasteiger partial charge is 0.465 e. The Labute approximate surface area is 112 Å². The molecule has 116 valence electrons. The second-order valence-corrected chi connectivity index (χ2v) is 3.33. The Hall–Kier alpha value is -2.53. The summed E-state index contributed by atoms with van der Waals surface area (Å²) in [5, 5.41) is 10.6. The number of pyridine rings is 1. The lowest BCUT2D eigenvalue weighted by atomic mass is 10.1. The van der Waals surface area contributed by atoms with E-state index in [1.54, 1.807) is 0 Å². The van der Waals surface area contributed by atoms with Crippen molar-refractivity contribution in [1.29, 1.82) is 0 Å². The Balaban J connectivity index is 3.64. The monoisotopic (exact) mass is 316 g/mol. The van der Waals surface area contributed by atoms with Gasteiger partial charge in [0.05, 0.1) is 12.0 Å². The molecule has 7 nitrogen and oxygen atoms in total. The maximum absolute atomic E-state index is 12.9. The molecule has 0 aliphatic rings. The number of carbonyl (C=O) groups excluding carboxylic acids is 1. The molecule has 1 rings (SSSR count). The quantitative estimate of drug-likeness (QED) is 0.367. The van der Waals surface area contributed by atoms with Gasteiger partial charge in [-0.1, -0.05) is 0 Å². The van der Waals surface area contributed by atoms with Crippen LogP contribution in [0.3, 0.4) is 0 Å². The lowest BCUT2D eigenvalue weighted by Gasteiger charge is -2.13. The van der Waals surface area contributed by atoms with Crippen LogP contribution >= 0.6 is 0 Å². The molecule has 0 atom stereocenters. The van der Waals surface area contributed by atoms with Crippen LogP contribution in [0.4, 0.5) is 27.6 Å². The number of halogens is 5. The average molecular weight is 316 g/mol. The van der Waals surface area contributed by atoms with E-state index in [9.17, 15) is 36.9 Å². The first-order valence-corrected chi connectivity index (χ1v) is 4.88. The summed E-state index contributed by atoms with van der Waals surface area (Å²) in [5.74, 6) is -3.24. The summed E-state index contributed by atoms with van der Waals surface area (Å²) < 4.78 is 69.5. The number of rotatable bonds is 4. The summed E-state index contributed by atoms with van der Waals surface area (Å²) in [4.78, 5) is 23.5. The molecule has 0 aliphatic carbocycles. The molecule has 0 fully saturated rings. The Kier molecular flexibility index (Phi) is 4.60. The fraction of sp³-hybridized carbons (Fsp3) is 0.333. The molecule has 1 aromatic rings. The van der Waals surface area contributed by atoms with Crippen molar-refractivity contribution in [2.45, 2.75) is 12.8 Å². The van der Waals surface area contributed by atoms with Crippen LogP contribution in [0.2, 0.25) is 0 Å². The highest BCUT2D eigenvalue weighted by Gasteiger charge is 2.39. The Morgan fingerprint density at radius 3 is 2.38 bits per heavy atom. The molecule has 12 heteroatoms. The molecule has 0 aliphatic heterocycles. The minimum Gasteiger partial charge on any atom is -0.465 e. The van der Waals surface area contributed by atoms with E-state index >= 15 is 0 Å². The topological polar surface area (TPSA) is 91.6 Å². The van der Waals surface area contributed by atoms with Gasteiger partial charge in [-0.25, -0.2) is 18.6 Å². The summed E-state index contributed by atoms with van der Waals surface area (Å²) in [6, 6.07) is 0.